The molecule has 5 nitrogen and oxygen atoms in total. The first kappa shape index (κ1) is 16.3. The Bertz CT molecular complexity index is 506. The molecule has 2 rings (SSSR count). The first-order chi connectivity index (χ1) is 10.1. The summed E-state index contributed by atoms with van der Waals surface area (Å²) in [5, 5.41) is 14.7. The van der Waals surface area contributed by atoms with Crippen molar-refractivity contribution in [2.24, 2.45) is 11.8 Å². The number of carboxylic acids is 1. The van der Waals surface area contributed by atoms with Gasteiger partial charge in [-0.1, -0.05) is 6.42 Å². The number of urea groups is 1. The van der Waals surface area contributed by atoms with Crippen LogP contribution in [-0.2, 0) is 11.2 Å². The van der Waals surface area contributed by atoms with Gasteiger partial charge in [0.2, 0.25) is 0 Å². The van der Waals surface area contributed by atoms with E-state index in [2.05, 4.69) is 26.6 Å². The Labute approximate surface area is 136 Å². The second-order valence-corrected chi connectivity index (χ2v) is 7.78. The third-order valence-corrected chi connectivity index (χ3v) is 5.47. The molecule has 2 amide bonds. The fourth-order valence-electron chi connectivity index (χ4n) is 2.68. The third-order valence-electron chi connectivity index (χ3n) is 3.79. The zero-order valence-corrected chi connectivity index (χ0v) is 14.0. The number of hydrogen-bond acceptors (Lipinski definition) is 3. The number of carbonyl (C=O) groups is 2. The van der Waals surface area contributed by atoms with Gasteiger partial charge in [0.15, 0.2) is 0 Å². The summed E-state index contributed by atoms with van der Waals surface area (Å²) in [7, 11) is 0. The average molecular weight is 375 g/mol. The van der Waals surface area contributed by atoms with Crippen LogP contribution in [0, 0.1) is 11.8 Å². The molecular formula is C14H19BrN2O3S. The van der Waals surface area contributed by atoms with Gasteiger partial charge in [-0.15, -0.1) is 11.3 Å². The molecule has 1 heterocycles. The second kappa shape index (κ2) is 7.79. The molecule has 0 aliphatic heterocycles. The summed E-state index contributed by atoms with van der Waals surface area (Å²) in [6.45, 7) is 1.01. The van der Waals surface area contributed by atoms with Gasteiger partial charge in [0.1, 0.15) is 0 Å². The standard InChI is InChI=1S/C14H19BrN2O3S/c15-12-5-4-10(21-12)6-7-16-14(20)17-8-9-2-1-3-11(9)13(18)19/h4-5,9,11H,1-3,6-8H2,(H,18,19)(H2,16,17,20). The maximum atomic E-state index is 11.7. The van der Waals surface area contributed by atoms with E-state index in [9.17, 15) is 9.59 Å². The minimum atomic E-state index is -0.747. The summed E-state index contributed by atoms with van der Waals surface area (Å²) in [5.74, 6) is -1.00. The van der Waals surface area contributed by atoms with Gasteiger partial charge in [0, 0.05) is 18.0 Å². The van der Waals surface area contributed by atoms with E-state index in [0.29, 0.717) is 13.1 Å². The highest BCUT2D eigenvalue weighted by Crippen LogP contribution is 2.31. The van der Waals surface area contributed by atoms with Crippen LogP contribution >= 0.6 is 27.3 Å². The number of carbonyl (C=O) groups excluding carboxylic acids is 1. The lowest BCUT2D eigenvalue weighted by atomic mass is 9.96. The van der Waals surface area contributed by atoms with E-state index in [1.54, 1.807) is 11.3 Å². The first-order valence-electron chi connectivity index (χ1n) is 7.05. The van der Waals surface area contributed by atoms with E-state index in [0.717, 1.165) is 29.5 Å². The van der Waals surface area contributed by atoms with Crippen molar-refractivity contribution in [3.8, 4) is 0 Å². The van der Waals surface area contributed by atoms with Crippen molar-refractivity contribution >= 4 is 39.3 Å². The molecule has 0 aromatic carbocycles. The molecule has 1 fully saturated rings. The minimum Gasteiger partial charge on any atom is -0.481 e. The quantitative estimate of drug-likeness (QED) is 0.716. The van der Waals surface area contributed by atoms with E-state index in [1.165, 1.54) is 4.88 Å². The Balaban J connectivity index is 1.64. The van der Waals surface area contributed by atoms with Crippen molar-refractivity contribution in [2.75, 3.05) is 13.1 Å². The molecule has 2 unspecified atom stereocenters. The number of nitrogens with one attached hydrogen (secondary N) is 2. The number of carboxylic acid groups (broad SMARTS) is 1. The molecule has 1 aliphatic rings. The number of thiophene rings is 1. The van der Waals surface area contributed by atoms with Crippen molar-refractivity contribution in [3.05, 3.63) is 20.8 Å². The highest BCUT2D eigenvalue weighted by molar-refractivity contribution is 9.11. The molecule has 2 atom stereocenters. The van der Waals surface area contributed by atoms with Crippen LogP contribution in [-0.4, -0.2) is 30.2 Å². The predicted octanol–water partition coefficient (Wildman–Crippen LogP) is 2.85. The molecule has 21 heavy (non-hydrogen) atoms. The highest BCUT2D eigenvalue weighted by atomic mass is 79.9. The molecule has 0 radical (unpaired) electrons. The number of rotatable bonds is 6. The van der Waals surface area contributed by atoms with Crippen LogP contribution in [0.5, 0.6) is 0 Å². The van der Waals surface area contributed by atoms with Gasteiger partial charge < -0.3 is 15.7 Å². The molecule has 1 aliphatic carbocycles. The summed E-state index contributed by atoms with van der Waals surface area (Å²) in [4.78, 5) is 24.0. The van der Waals surface area contributed by atoms with Gasteiger partial charge >= 0.3 is 12.0 Å². The fourth-order valence-corrected chi connectivity index (χ4v) is 4.16. The molecule has 1 aromatic rings. The molecule has 1 saturated carbocycles. The lowest BCUT2D eigenvalue weighted by Crippen LogP contribution is -2.40. The second-order valence-electron chi connectivity index (χ2n) is 5.23. The summed E-state index contributed by atoms with van der Waals surface area (Å²) in [6, 6.07) is 3.80. The van der Waals surface area contributed by atoms with Crippen molar-refractivity contribution in [3.63, 3.8) is 0 Å². The van der Waals surface area contributed by atoms with Crippen LogP contribution in [0.3, 0.4) is 0 Å². The van der Waals surface area contributed by atoms with Gasteiger partial charge in [0.05, 0.1) is 9.70 Å². The monoisotopic (exact) mass is 374 g/mol. The van der Waals surface area contributed by atoms with Crippen LogP contribution in [0.15, 0.2) is 15.9 Å². The van der Waals surface area contributed by atoms with E-state index < -0.39 is 5.97 Å². The lowest BCUT2D eigenvalue weighted by Gasteiger charge is -2.16. The van der Waals surface area contributed by atoms with E-state index >= 15 is 0 Å². The molecule has 7 heteroatoms. The molecule has 3 N–H and O–H groups in total. The predicted molar refractivity (Wildman–Crippen MR) is 85.6 cm³/mol. The van der Waals surface area contributed by atoms with Gasteiger partial charge in [0.25, 0.3) is 0 Å². The van der Waals surface area contributed by atoms with Gasteiger partial charge in [-0.25, -0.2) is 4.79 Å². The SMILES string of the molecule is O=C(NCCc1ccc(Br)s1)NCC1CCCC1C(=O)O. The molecule has 0 spiro atoms. The third kappa shape index (κ3) is 5.00. The lowest BCUT2D eigenvalue weighted by molar-refractivity contribution is -0.142. The molecule has 116 valence electrons. The van der Waals surface area contributed by atoms with Crippen LogP contribution in [0.2, 0.25) is 0 Å². The average Bonchev–Trinajstić information content (AvgIpc) is 3.05. The smallest absolute Gasteiger partial charge is 0.314 e. The van der Waals surface area contributed by atoms with Crippen molar-refractivity contribution < 1.29 is 14.7 Å². The molecular weight excluding hydrogens is 356 g/mol. The first-order valence-corrected chi connectivity index (χ1v) is 8.66. The summed E-state index contributed by atoms with van der Waals surface area (Å²) in [5.41, 5.74) is 0. The Morgan fingerprint density at radius 3 is 2.81 bits per heavy atom. The van der Waals surface area contributed by atoms with Crippen molar-refractivity contribution in [1.29, 1.82) is 0 Å². The van der Waals surface area contributed by atoms with Gasteiger partial charge in [-0.2, -0.15) is 0 Å². The largest absolute Gasteiger partial charge is 0.481 e. The van der Waals surface area contributed by atoms with Crippen LogP contribution in [0.25, 0.3) is 0 Å². The van der Waals surface area contributed by atoms with Crippen molar-refractivity contribution in [1.82, 2.24) is 10.6 Å². The van der Waals surface area contributed by atoms with Crippen LogP contribution < -0.4 is 10.6 Å². The van der Waals surface area contributed by atoms with E-state index in [1.807, 2.05) is 12.1 Å². The van der Waals surface area contributed by atoms with Crippen LogP contribution in [0.4, 0.5) is 4.79 Å². The normalized spacial score (nSPS) is 21.2. The fraction of sp³-hybridized carbons (Fsp3) is 0.571. The Morgan fingerprint density at radius 1 is 1.33 bits per heavy atom. The molecule has 0 saturated heterocycles. The minimum absolute atomic E-state index is 0.0569. The van der Waals surface area contributed by atoms with Crippen molar-refractivity contribution in [2.45, 2.75) is 25.7 Å². The highest BCUT2D eigenvalue weighted by Gasteiger charge is 2.32. The van der Waals surface area contributed by atoms with Gasteiger partial charge in [-0.3, -0.25) is 4.79 Å². The molecule has 1 aromatic heterocycles. The maximum Gasteiger partial charge on any atom is 0.314 e. The number of aliphatic carboxylic acids is 1. The Kier molecular flexibility index (Phi) is 6.05. The summed E-state index contributed by atoms with van der Waals surface area (Å²) >= 11 is 5.06. The maximum absolute atomic E-state index is 11.7. The number of halogens is 1. The zero-order chi connectivity index (χ0) is 15.2. The molecule has 0 bridgehead atoms. The Morgan fingerprint density at radius 2 is 2.14 bits per heavy atom. The number of hydrogen-bond donors (Lipinski definition) is 3. The summed E-state index contributed by atoms with van der Waals surface area (Å²) < 4.78 is 1.09. The Hall–Kier alpha value is -1.08. The van der Waals surface area contributed by atoms with Gasteiger partial charge in [-0.05, 0) is 53.2 Å². The zero-order valence-electron chi connectivity index (χ0n) is 11.6. The van der Waals surface area contributed by atoms with E-state index in [-0.39, 0.29) is 17.9 Å². The topological polar surface area (TPSA) is 78.4 Å². The summed E-state index contributed by atoms with van der Waals surface area (Å²) in [6.07, 6.45) is 3.32. The number of amides is 2. The van der Waals surface area contributed by atoms with Crippen LogP contribution in [0.1, 0.15) is 24.1 Å². The van der Waals surface area contributed by atoms with E-state index in [4.69, 9.17) is 5.11 Å².